The first-order chi connectivity index (χ1) is 13.1. The quantitative estimate of drug-likeness (QED) is 0.294. The number of nitrogens with two attached hydrogens (primary N) is 1. The molecule has 6 heteroatoms. The standard InChI is InChI=1S/C21H17N3O2S/c1-14-10-12-15(13-11-14)20(22)23-26-21(25)24-16-6-2-4-8-18(16)27-19-9-5-3-7-17(19)24/h2-13H,1H3,(H2,22,23). The molecule has 3 aromatic carbocycles. The third-order valence-electron chi connectivity index (χ3n) is 4.18. The maximum absolute atomic E-state index is 12.8. The molecule has 1 heterocycles. The molecule has 27 heavy (non-hydrogen) atoms. The predicted octanol–water partition coefficient (Wildman–Crippen LogP) is 5.05. The second kappa shape index (κ2) is 7.17. The minimum Gasteiger partial charge on any atom is -0.380 e. The van der Waals surface area contributed by atoms with Crippen molar-refractivity contribution in [3.63, 3.8) is 0 Å². The molecule has 0 saturated carbocycles. The van der Waals surface area contributed by atoms with Gasteiger partial charge in [0.2, 0.25) is 0 Å². The average Bonchev–Trinajstić information content (AvgIpc) is 2.70. The van der Waals surface area contributed by atoms with Crippen molar-refractivity contribution in [1.29, 1.82) is 0 Å². The molecule has 0 radical (unpaired) electrons. The highest BCUT2D eigenvalue weighted by Gasteiger charge is 2.29. The van der Waals surface area contributed by atoms with E-state index in [9.17, 15) is 4.79 Å². The number of amides is 1. The SMILES string of the molecule is Cc1ccc(/C(N)=N/OC(=O)N2c3ccccc3Sc3ccccc32)cc1. The number of carbonyl (C=O) groups excluding carboxylic acids is 1. The molecule has 0 bridgehead atoms. The van der Waals surface area contributed by atoms with Crippen molar-refractivity contribution in [2.45, 2.75) is 16.7 Å². The van der Waals surface area contributed by atoms with Crippen LogP contribution >= 0.6 is 11.8 Å². The number of nitrogens with zero attached hydrogens (tertiary/aromatic N) is 2. The lowest BCUT2D eigenvalue weighted by atomic mass is 10.1. The van der Waals surface area contributed by atoms with Crippen molar-refractivity contribution in [3.05, 3.63) is 83.9 Å². The van der Waals surface area contributed by atoms with Crippen molar-refractivity contribution >= 4 is 35.1 Å². The van der Waals surface area contributed by atoms with E-state index in [1.165, 1.54) is 4.90 Å². The van der Waals surface area contributed by atoms with E-state index in [1.807, 2.05) is 79.7 Å². The summed E-state index contributed by atoms with van der Waals surface area (Å²) in [5.74, 6) is 0.149. The molecule has 0 unspecified atom stereocenters. The van der Waals surface area contributed by atoms with Crippen molar-refractivity contribution in [1.82, 2.24) is 0 Å². The number of rotatable bonds is 2. The Morgan fingerprint density at radius 3 is 2.07 bits per heavy atom. The summed E-state index contributed by atoms with van der Waals surface area (Å²) in [5, 5.41) is 3.84. The lowest BCUT2D eigenvalue weighted by molar-refractivity contribution is 0.161. The van der Waals surface area contributed by atoms with Crippen LogP contribution in [0.4, 0.5) is 16.2 Å². The van der Waals surface area contributed by atoms with E-state index in [0.717, 1.165) is 26.7 Å². The Hall–Kier alpha value is -3.25. The number of para-hydroxylation sites is 2. The molecule has 134 valence electrons. The van der Waals surface area contributed by atoms with Gasteiger partial charge in [0.25, 0.3) is 0 Å². The molecule has 0 spiro atoms. The number of aryl methyl sites for hydroxylation is 1. The molecule has 1 aliphatic rings. The van der Waals surface area contributed by atoms with Crippen LogP contribution in [0.5, 0.6) is 0 Å². The minimum atomic E-state index is -0.606. The van der Waals surface area contributed by atoms with Crippen molar-refractivity contribution in [3.8, 4) is 0 Å². The molecule has 0 saturated heterocycles. The van der Waals surface area contributed by atoms with Gasteiger partial charge in [-0.15, -0.1) is 0 Å². The highest BCUT2D eigenvalue weighted by molar-refractivity contribution is 7.99. The van der Waals surface area contributed by atoms with Crippen LogP contribution in [0.2, 0.25) is 0 Å². The highest BCUT2D eigenvalue weighted by atomic mass is 32.2. The molecule has 4 rings (SSSR count). The summed E-state index contributed by atoms with van der Waals surface area (Å²) in [6, 6.07) is 22.9. The number of fused-ring (bicyclic) bond motifs is 2. The van der Waals surface area contributed by atoms with Crippen molar-refractivity contribution in [2.75, 3.05) is 4.90 Å². The second-order valence-corrected chi connectivity index (χ2v) is 7.16. The fourth-order valence-electron chi connectivity index (χ4n) is 2.81. The Bertz CT molecular complexity index is 986. The molecule has 0 aromatic heterocycles. The average molecular weight is 375 g/mol. The smallest absolute Gasteiger partial charge is 0.380 e. The largest absolute Gasteiger partial charge is 0.445 e. The number of anilines is 2. The third-order valence-corrected chi connectivity index (χ3v) is 5.31. The molecule has 0 fully saturated rings. The van der Waals surface area contributed by atoms with Crippen LogP contribution in [0.15, 0.2) is 87.7 Å². The molecule has 0 aliphatic carbocycles. The maximum atomic E-state index is 12.8. The van der Waals surface area contributed by atoms with E-state index < -0.39 is 6.09 Å². The summed E-state index contributed by atoms with van der Waals surface area (Å²) in [6.45, 7) is 1.99. The molecule has 1 amide bonds. The molecule has 0 atom stereocenters. The number of hydrogen-bond donors (Lipinski definition) is 1. The van der Waals surface area contributed by atoms with E-state index >= 15 is 0 Å². The van der Waals surface area contributed by atoms with Crippen LogP contribution in [0.1, 0.15) is 11.1 Å². The van der Waals surface area contributed by atoms with Gasteiger partial charge < -0.3 is 5.73 Å². The minimum absolute atomic E-state index is 0.149. The van der Waals surface area contributed by atoms with Gasteiger partial charge in [-0.2, -0.15) is 0 Å². The summed E-state index contributed by atoms with van der Waals surface area (Å²) >= 11 is 1.62. The van der Waals surface area contributed by atoms with E-state index in [4.69, 9.17) is 10.6 Å². The number of benzene rings is 3. The van der Waals surface area contributed by atoms with Gasteiger partial charge in [-0.1, -0.05) is 71.0 Å². The molecule has 5 nitrogen and oxygen atoms in total. The summed E-state index contributed by atoms with van der Waals surface area (Å²) in [7, 11) is 0. The highest BCUT2D eigenvalue weighted by Crippen LogP contribution is 2.48. The second-order valence-electron chi connectivity index (χ2n) is 6.07. The van der Waals surface area contributed by atoms with Crippen molar-refractivity contribution in [2.24, 2.45) is 10.9 Å². The van der Waals surface area contributed by atoms with Crippen LogP contribution < -0.4 is 10.6 Å². The van der Waals surface area contributed by atoms with Crippen molar-refractivity contribution < 1.29 is 9.63 Å². The number of hydrogen-bond acceptors (Lipinski definition) is 4. The third kappa shape index (κ3) is 3.39. The molecule has 3 aromatic rings. The summed E-state index contributed by atoms with van der Waals surface area (Å²) in [4.78, 5) is 21.5. The van der Waals surface area contributed by atoms with Crippen LogP contribution in [-0.2, 0) is 4.84 Å². The van der Waals surface area contributed by atoms with Gasteiger partial charge in [0.05, 0.1) is 11.4 Å². The van der Waals surface area contributed by atoms with Crippen LogP contribution in [0, 0.1) is 6.92 Å². The van der Waals surface area contributed by atoms with E-state index in [-0.39, 0.29) is 5.84 Å². The normalized spacial score (nSPS) is 12.9. The lowest BCUT2D eigenvalue weighted by Crippen LogP contribution is -2.28. The fraction of sp³-hybridized carbons (Fsp3) is 0.0476. The molecule has 2 N–H and O–H groups in total. The van der Waals surface area contributed by atoms with Crippen LogP contribution in [-0.4, -0.2) is 11.9 Å². The molecular formula is C21H17N3O2S. The molecular weight excluding hydrogens is 358 g/mol. The predicted molar refractivity (Wildman–Crippen MR) is 108 cm³/mol. The Morgan fingerprint density at radius 1 is 0.926 bits per heavy atom. The van der Waals surface area contributed by atoms with Gasteiger partial charge in [0, 0.05) is 15.4 Å². The van der Waals surface area contributed by atoms with E-state index in [1.54, 1.807) is 11.8 Å². The Balaban J connectivity index is 1.64. The maximum Gasteiger partial charge on any atom is 0.445 e. The number of oxime groups is 1. The first kappa shape index (κ1) is 17.2. The lowest BCUT2D eigenvalue weighted by Gasteiger charge is -2.29. The topological polar surface area (TPSA) is 67.9 Å². The van der Waals surface area contributed by atoms with Gasteiger partial charge >= 0.3 is 6.09 Å². The number of carbonyl (C=O) groups is 1. The van der Waals surface area contributed by atoms with Gasteiger partial charge in [-0.05, 0) is 31.2 Å². The zero-order valence-corrected chi connectivity index (χ0v) is 15.4. The van der Waals surface area contributed by atoms with Gasteiger partial charge in [-0.3, -0.25) is 4.84 Å². The zero-order chi connectivity index (χ0) is 18.8. The first-order valence-electron chi connectivity index (χ1n) is 8.41. The summed E-state index contributed by atoms with van der Waals surface area (Å²) < 4.78 is 0. The van der Waals surface area contributed by atoms with Gasteiger partial charge in [0.1, 0.15) is 0 Å². The number of amidine groups is 1. The van der Waals surface area contributed by atoms with Gasteiger partial charge in [0.15, 0.2) is 5.84 Å². The van der Waals surface area contributed by atoms with Crippen LogP contribution in [0.3, 0.4) is 0 Å². The fourth-order valence-corrected chi connectivity index (χ4v) is 3.87. The summed E-state index contributed by atoms with van der Waals surface area (Å²) in [5.41, 5.74) is 9.29. The monoisotopic (exact) mass is 375 g/mol. The van der Waals surface area contributed by atoms with Crippen LogP contribution in [0.25, 0.3) is 0 Å². The van der Waals surface area contributed by atoms with Gasteiger partial charge in [-0.25, -0.2) is 9.69 Å². The van der Waals surface area contributed by atoms with E-state index in [0.29, 0.717) is 5.56 Å². The first-order valence-corrected chi connectivity index (χ1v) is 9.22. The Morgan fingerprint density at radius 2 is 1.48 bits per heavy atom. The summed E-state index contributed by atoms with van der Waals surface area (Å²) in [6.07, 6.45) is -0.606. The Labute approximate surface area is 161 Å². The van der Waals surface area contributed by atoms with E-state index in [2.05, 4.69) is 5.16 Å². The molecule has 1 aliphatic heterocycles. The Kier molecular flexibility index (Phi) is 4.56. The zero-order valence-electron chi connectivity index (χ0n) is 14.6.